The Bertz CT molecular complexity index is 499. The highest BCUT2D eigenvalue weighted by Gasteiger charge is 2.32. The topological polar surface area (TPSA) is 78.9 Å². The lowest BCUT2D eigenvalue weighted by Gasteiger charge is -2.27. The smallest absolute Gasteiger partial charge is 0.258 e. The molecule has 1 atom stereocenters. The molecule has 0 aliphatic rings. The van der Waals surface area contributed by atoms with Crippen LogP contribution in [-0.2, 0) is 6.42 Å². The number of nitrogens with zero attached hydrogens (tertiary/aromatic N) is 2. The third kappa shape index (κ3) is 3.14. The fourth-order valence-corrected chi connectivity index (χ4v) is 1.70. The van der Waals surface area contributed by atoms with Crippen molar-refractivity contribution in [1.82, 2.24) is 10.5 Å². The minimum atomic E-state index is -0.899. The Balaban J connectivity index is 3.02. The average molecular weight is 263 g/mol. The van der Waals surface area contributed by atoms with Crippen LogP contribution in [-0.4, -0.2) is 16.6 Å². The molecule has 0 bridgehead atoms. The van der Waals surface area contributed by atoms with E-state index in [-0.39, 0.29) is 11.8 Å². The molecule has 1 aromatic rings. The first-order valence-electron chi connectivity index (χ1n) is 6.54. The van der Waals surface area contributed by atoms with E-state index in [0.29, 0.717) is 23.4 Å². The van der Waals surface area contributed by atoms with Crippen LogP contribution in [0, 0.1) is 24.2 Å². The van der Waals surface area contributed by atoms with Crippen molar-refractivity contribution in [2.24, 2.45) is 5.92 Å². The van der Waals surface area contributed by atoms with Crippen molar-refractivity contribution in [2.45, 2.75) is 53.0 Å². The molecule has 0 saturated heterocycles. The first-order valence-corrected chi connectivity index (χ1v) is 6.54. The summed E-state index contributed by atoms with van der Waals surface area (Å²) in [5.41, 5.74) is 0.124. The van der Waals surface area contributed by atoms with Gasteiger partial charge in [-0.05, 0) is 26.2 Å². The van der Waals surface area contributed by atoms with Crippen LogP contribution in [0.3, 0.4) is 0 Å². The summed E-state index contributed by atoms with van der Waals surface area (Å²) >= 11 is 0. The first-order chi connectivity index (χ1) is 8.85. The van der Waals surface area contributed by atoms with Crippen LogP contribution in [0.1, 0.15) is 55.9 Å². The van der Waals surface area contributed by atoms with E-state index in [0.717, 1.165) is 6.42 Å². The van der Waals surface area contributed by atoms with E-state index in [2.05, 4.69) is 16.5 Å². The molecule has 0 aliphatic carbocycles. The van der Waals surface area contributed by atoms with Crippen LogP contribution in [0.25, 0.3) is 0 Å². The maximum Gasteiger partial charge on any atom is 0.258 e. The lowest BCUT2D eigenvalue weighted by molar-refractivity contribution is 0.0905. The number of aromatic nitrogens is 1. The second-order valence-corrected chi connectivity index (χ2v) is 5.24. The Hall–Kier alpha value is -1.83. The molecular formula is C14H21N3O2. The fourth-order valence-electron chi connectivity index (χ4n) is 1.70. The number of amides is 1. The molecular weight excluding hydrogens is 242 g/mol. The van der Waals surface area contributed by atoms with Gasteiger partial charge in [0, 0.05) is 6.42 Å². The maximum absolute atomic E-state index is 12.3. The van der Waals surface area contributed by atoms with Crippen molar-refractivity contribution in [3.8, 4) is 6.07 Å². The third-order valence-electron chi connectivity index (χ3n) is 3.40. The van der Waals surface area contributed by atoms with Gasteiger partial charge in [0.1, 0.15) is 16.9 Å². The molecule has 5 nitrogen and oxygen atoms in total. The van der Waals surface area contributed by atoms with Gasteiger partial charge < -0.3 is 9.84 Å². The highest BCUT2D eigenvalue weighted by molar-refractivity contribution is 5.96. The molecule has 1 aromatic heterocycles. The summed E-state index contributed by atoms with van der Waals surface area (Å²) in [5, 5.41) is 15.9. The zero-order valence-corrected chi connectivity index (χ0v) is 12.2. The molecule has 0 aliphatic heterocycles. The minimum Gasteiger partial charge on any atom is -0.360 e. The molecule has 0 radical (unpaired) electrons. The van der Waals surface area contributed by atoms with Crippen molar-refractivity contribution in [3.63, 3.8) is 0 Å². The SMILES string of the molecule is CCCc1onc(C)c1C(=O)N[C@](C)(C#N)C(C)C. The van der Waals surface area contributed by atoms with Crippen LogP contribution in [0.4, 0.5) is 0 Å². The molecule has 1 amide bonds. The predicted molar refractivity (Wildman–Crippen MR) is 71.6 cm³/mol. The van der Waals surface area contributed by atoms with Crippen molar-refractivity contribution in [1.29, 1.82) is 5.26 Å². The Labute approximate surface area is 114 Å². The zero-order chi connectivity index (χ0) is 14.6. The van der Waals surface area contributed by atoms with Gasteiger partial charge in [-0.25, -0.2) is 0 Å². The number of rotatable bonds is 5. The van der Waals surface area contributed by atoms with Gasteiger partial charge in [-0.15, -0.1) is 0 Å². The number of hydrogen-bond acceptors (Lipinski definition) is 4. The second kappa shape index (κ2) is 5.87. The predicted octanol–water partition coefficient (Wildman–Crippen LogP) is 2.60. The van der Waals surface area contributed by atoms with Crippen LogP contribution >= 0.6 is 0 Å². The summed E-state index contributed by atoms with van der Waals surface area (Å²) in [7, 11) is 0. The molecule has 5 heteroatoms. The van der Waals surface area contributed by atoms with Gasteiger partial charge in [-0.1, -0.05) is 25.9 Å². The molecule has 1 N–H and O–H groups in total. The number of nitrogens with one attached hydrogen (secondary N) is 1. The lowest BCUT2D eigenvalue weighted by atomic mass is 9.89. The Kier molecular flexibility index (Phi) is 4.71. The van der Waals surface area contributed by atoms with Crippen LogP contribution in [0.15, 0.2) is 4.52 Å². The lowest BCUT2D eigenvalue weighted by Crippen LogP contribution is -2.49. The van der Waals surface area contributed by atoms with Crippen molar-refractivity contribution in [2.75, 3.05) is 0 Å². The normalized spacial score (nSPS) is 13.9. The van der Waals surface area contributed by atoms with E-state index >= 15 is 0 Å². The molecule has 0 aromatic carbocycles. The van der Waals surface area contributed by atoms with Gasteiger partial charge in [-0.2, -0.15) is 5.26 Å². The van der Waals surface area contributed by atoms with E-state index < -0.39 is 5.54 Å². The molecule has 0 fully saturated rings. The number of carbonyl (C=O) groups is 1. The number of nitriles is 1. The summed E-state index contributed by atoms with van der Waals surface area (Å²) in [6, 6.07) is 2.16. The standard InChI is InChI=1S/C14H21N3O2/c1-6-7-11-12(10(4)17-19-11)13(18)16-14(5,8-15)9(2)3/h9H,6-7H2,1-5H3,(H,16,18)/t14-/m1/s1. The Morgan fingerprint density at radius 3 is 2.68 bits per heavy atom. The van der Waals surface area contributed by atoms with Crippen LogP contribution in [0.5, 0.6) is 0 Å². The summed E-state index contributed by atoms with van der Waals surface area (Å²) in [6.07, 6.45) is 1.53. The van der Waals surface area contributed by atoms with Crippen molar-refractivity contribution in [3.05, 3.63) is 17.0 Å². The molecule has 1 heterocycles. The molecule has 0 spiro atoms. The van der Waals surface area contributed by atoms with Gasteiger partial charge in [-0.3, -0.25) is 4.79 Å². The van der Waals surface area contributed by atoms with E-state index in [4.69, 9.17) is 4.52 Å². The number of carbonyl (C=O) groups excluding carboxylic acids is 1. The summed E-state index contributed by atoms with van der Waals surface area (Å²) in [6.45, 7) is 9.26. The molecule has 0 unspecified atom stereocenters. The van der Waals surface area contributed by atoms with Gasteiger partial charge in [0.05, 0.1) is 11.8 Å². The minimum absolute atomic E-state index is 0.0104. The van der Waals surface area contributed by atoms with Gasteiger partial charge in [0.15, 0.2) is 0 Å². The van der Waals surface area contributed by atoms with Crippen molar-refractivity contribution >= 4 is 5.91 Å². The monoisotopic (exact) mass is 263 g/mol. The van der Waals surface area contributed by atoms with Crippen LogP contribution < -0.4 is 5.32 Å². The van der Waals surface area contributed by atoms with Gasteiger partial charge >= 0.3 is 0 Å². The summed E-state index contributed by atoms with van der Waals surface area (Å²) < 4.78 is 5.17. The largest absolute Gasteiger partial charge is 0.360 e. The van der Waals surface area contributed by atoms with Gasteiger partial charge in [0.2, 0.25) is 0 Å². The zero-order valence-electron chi connectivity index (χ0n) is 12.2. The second-order valence-electron chi connectivity index (χ2n) is 5.24. The highest BCUT2D eigenvalue weighted by Crippen LogP contribution is 2.20. The molecule has 0 saturated carbocycles. The fraction of sp³-hybridized carbons (Fsp3) is 0.643. The molecule has 19 heavy (non-hydrogen) atoms. The Morgan fingerprint density at radius 1 is 1.58 bits per heavy atom. The summed E-state index contributed by atoms with van der Waals surface area (Å²) in [4.78, 5) is 12.3. The molecule has 1 rings (SSSR count). The van der Waals surface area contributed by atoms with Crippen LogP contribution in [0.2, 0.25) is 0 Å². The summed E-state index contributed by atoms with van der Waals surface area (Å²) in [5.74, 6) is 0.303. The van der Waals surface area contributed by atoms with E-state index in [1.807, 2.05) is 20.8 Å². The first kappa shape index (κ1) is 15.2. The van der Waals surface area contributed by atoms with Crippen molar-refractivity contribution < 1.29 is 9.32 Å². The van der Waals surface area contributed by atoms with E-state index in [1.165, 1.54) is 0 Å². The number of aryl methyl sites for hydroxylation is 2. The maximum atomic E-state index is 12.3. The van der Waals surface area contributed by atoms with Gasteiger partial charge in [0.25, 0.3) is 5.91 Å². The average Bonchev–Trinajstić information content (AvgIpc) is 2.70. The third-order valence-corrected chi connectivity index (χ3v) is 3.40. The van der Waals surface area contributed by atoms with E-state index in [1.54, 1.807) is 13.8 Å². The Morgan fingerprint density at radius 2 is 2.21 bits per heavy atom. The quantitative estimate of drug-likeness (QED) is 0.885. The number of hydrogen-bond donors (Lipinski definition) is 1. The van der Waals surface area contributed by atoms with E-state index in [9.17, 15) is 10.1 Å². The highest BCUT2D eigenvalue weighted by atomic mass is 16.5. The molecule has 104 valence electrons.